The molecule has 0 heterocycles. The Hall–Kier alpha value is -2.52. The minimum absolute atomic E-state index is 0.116. The summed E-state index contributed by atoms with van der Waals surface area (Å²) >= 11 is 0. The van der Waals surface area contributed by atoms with Gasteiger partial charge in [0.25, 0.3) is 0 Å². The molecule has 0 fully saturated rings. The van der Waals surface area contributed by atoms with Gasteiger partial charge in [-0.15, -0.1) is 0 Å². The summed E-state index contributed by atoms with van der Waals surface area (Å²) in [5.74, 6) is -1.66. The monoisotopic (exact) mass is 511 g/mol. The standard InChI is InChI=1S/C27H45NO8/c1-17(2)18(3)10-12-21(30)23(27(7,24(31)32)28-25(33)36-26(4,5)6)19-11-13-20(29)22(16-19)35-15-9-14-34-8/h11,13,16-18,21,23,29-30H,9-10,12,14-15H2,1-8H3,(H,28,33)(H,31,32)/t18-,21-,23?,27+/m0/s1. The maximum Gasteiger partial charge on any atom is 0.408 e. The number of methoxy groups -OCH3 is 1. The maximum absolute atomic E-state index is 12.7. The van der Waals surface area contributed by atoms with E-state index in [0.29, 0.717) is 43.3 Å². The topological polar surface area (TPSA) is 135 Å². The number of carboxylic acids is 1. The molecule has 0 aliphatic rings. The maximum atomic E-state index is 12.7. The molecule has 0 aliphatic heterocycles. The van der Waals surface area contributed by atoms with Crippen LogP contribution in [0.3, 0.4) is 0 Å². The van der Waals surface area contributed by atoms with Crippen LogP contribution in [0.2, 0.25) is 0 Å². The molecule has 0 aromatic heterocycles. The second-order valence-electron chi connectivity index (χ2n) is 10.9. The van der Waals surface area contributed by atoms with Crippen LogP contribution in [-0.4, -0.2) is 64.9 Å². The van der Waals surface area contributed by atoms with Gasteiger partial charge in [0.15, 0.2) is 11.5 Å². The Balaban J connectivity index is 3.45. The molecule has 206 valence electrons. The number of carbonyl (C=O) groups excluding carboxylic acids is 1. The van der Waals surface area contributed by atoms with Crippen molar-refractivity contribution < 1.29 is 39.1 Å². The van der Waals surface area contributed by atoms with Gasteiger partial charge in [0.1, 0.15) is 11.1 Å². The van der Waals surface area contributed by atoms with Crippen molar-refractivity contribution in [3.05, 3.63) is 23.8 Å². The minimum Gasteiger partial charge on any atom is -0.504 e. The third-order valence-corrected chi connectivity index (χ3v) is 6.36. The van der Waals surface area contributed by atoms with Crippen LogP contribution in [0.25, 0.3) is 0 Å². The number of phenolic OH excluding ortho intramolecular Hbond substituents is 1. The van der Waals surface area contributed by atoms with Gasteiger partial charge < -0.3 is 34.8 Å². The molecule has 9 nitrogen and oxygen atoms in total. The Morgan fingerprint density at radius 1 is 1.06 bits per heavy atom. The molecule has 1 aromatic carbocycles. The normalized spacial score (nSPS) is 16.1. The van der Waals surface area contributed by atoms with Crippen molar-refractivity contribution in [2.24, 2.45) is 11.8 Å². The summed E-state index contributed by atoms with van der Waals surface area (Å²) in [6, 6.07) is 4.45. The molecule has 0 saturated heterocycles. The van der Waals surface area contributed by atoms with Gasteiger partial charge in [0.2, 0.25) is 0 Å². The molecule has 1 unspecified atom stereocenters. The first kappa shape index (κ1) is 31.5. The molecular formula is C27H45NO8. The number of hydrogen-bond donors (Lipinski definition) is 4. The zero-order valence-electron chi connectivity index (χ0n) is 23.0. The number of aromatic hydroxyl groups is 1. The fraction of sp³-hybridized carbons (Fsp3) is 0.704. The fourth-order valence-electron chi connectivity index (χ4n) is 3.88. The Bertz CT molecular complexity index is 851. The van der Waals surface area contributed by atoms with Crippen LogP contribution in [0, 0.1) is 11.8 Å². The van der Waals surface area contributed by atoms with Crippen LogP contribution in [0.15, 0.2) is 18.2 Å². The van der Waals surface area contributed by atoms with Gasteiger partial charge in [-0.25, -0.2) is 9.59 Å². The van der Waals surface area contributed by atoms with E-state index >= 15 is 0 Å². The van der Waals surface area contributed by atoms with Gasteiger partial charge in [0, 0.05) is 26.1 Å². The van der Waals surface area contributed by atoms with Crippen LogP contribution in [-0.2, 0) is 14.3 Å². The van der Waals surface area contributed by atoms with Crippen molar-refractivity contribution in [2.75, 3.05) is 20.3 Å². The van der Waals surface area contributed by atoms with E-state index < -0.39 is 35.2 Å². The molecule has 36 heavy (non-hydrogen) atoms. The first-order chi connectivity index (χ1) is 16.6. The van der Waals surface area contributed by atoms with E-state index in [0.717, 1.165) is 0 Å². The number of benzene rings is 1. The van der Waals surface area contributed by atoms with E-state index in [2.05, 4.69) is 26.1 Å². The number of aliphatic carboxylic acids is 1. The highest BCUT2D eigenvalue weighted by atomic mass is 16.6. The van der Waals surface area contributed by atoms with Crippen LogP contribution in [0.4, 0.5) is 4.79 Å². The summed E-state index contributed by atoms with van der Waals surface area (Å²) in [4.78, 5) is 25.3. The van der Waals surface area contributed by atoms with Gasteiger partial charge in [-0.1, -0.05) is 26.8 Å². The number of alkyl carbamates (subject to hydrolysis) is 1. The van der Waals surface area contributed by atoms with Gasteiger partial charge in [-0.3, -0.25) is 0 Å². The lowest BCUT2D eigenvalue weighted by atomic mass is 9.74. The van der Waals surface area contributed by atoms with Gasteiger partial charge in [0.05, 0.1) is 12.7 Å². The number of hydrogen-bond acceptors (Lipinski definition) is 7. The van der Waals surface area contributed by atoms with Gasteiger partial charge in [-0.05, 0) is 70.1 Å². The lowest BCUT2D eigenvalue weighted by Gasteiger charge is -2.38. The Kier molecular flexibility index (Phi) is 12.0. The van der Waals surface area contributed by atoms with E-state index in [4.69, 9.17) is 14.2 Å². The van der Waals surface area contributed by atoms with Crippen LogP contribution >= 0.6 is 0 Å². The number of nitrogens with one attached hydrogen (secondary N) is 1. The summed E-state index contributed by atoms with van der Waals surface area (Å²) in [5, 5.41) is 34.4. The van der Waals surface area contributed by atoms with Crippen molar-refractivity contribution in [1.29, 1.82) is 0 Å². The zero-order chi connectivity index (χ0) is 27.7. The molecule has 4 atom stereocenters. The van der Waals surface area contributed by atoms with Crippen LogP contribution in [0.5, 0.6) is 11.5 Å². The fourth-order valence-corrected chi connectivity index (χ4v) is 3.88. The van der Waals surface area contributed by atoms with Crippen molar-refractivity contribution in [3.8, 4) is 11.5 Å². The third-order valence-electron chi connectivity index (χ3n) is 6.36. The number of ether oxygens (including phenoxy) is 3. The summed E-state index contributed by atoms with van der Waals surface area (Å²) in [5.41, 5.74) is -2.36. The minimum atomic E-state index is -1.92. The molecule has 9 heteroatoms. The SMILES string of the molecule is COCCCOc1cc(C([C@@H](O)CC[C@H](C)C(C)C)[C@@](C)(NC(=O)OC(C)(C)C)C(=O)O)ccc1O. The first-order valence-electron chi connectivity index (χ1n) is 12.5. The lowest BCUT2D eigenvalue weighted by Crippen LogP contribution is -2.59. The summed E-state index contributed by atoms with van der Waals surface area (Å²) < 4.78 is 16.0. The second-order valence-corrected chi connectivity index (χ2v) is 10.9. The molecule has 1 rings (SSSR count). The predicted octanol–water partition coefficient (Wildman–Crippen LogP) is 4.69. The van der Waals surface area contributed by atoms with E-state index in [1.165, 1.54) is 25.1 Å². The van der Waals surface area contributed by atoms with Gasteiger partial charge in [-0.2, -0.15) is 0 Å². The molecule has 1 aromatic rings. The van der Waals surface area contributed by atoms with Crippen molar-refractivity contribution in [1.82, 2.24) is 5.32 Å². The molecular weight excluding hydrogens is 466 g/mol. The summed E-state index contributed by atoms with van der Waals surface area (Å²) in [6.07, 6.45) is -0.459. The molecule has 0 saturated carbocycles. The molecule has 0 aliphatic carbocycles. The van der Waals surface area contributed by atoms with Crippen molar-refractivity contribution in [2.45, 2.75) is 90.9 Å². The first-order valence-corrected chi connectivity index (χ1v) is 12.5. The Morgan fingerprint density at radius 2 is 1.69 bits per heavy atom. The van der Waals surface area contributed by atoms with E-state index in [1.54, 1.807) is 27.9 Å². The summed E-state index contributed by atoms with van der Waals surface area (Å²) in [6.45, 7) is 13.4. The largest absolute Gasteiger partial charge is 0.504 e. The van der Waals surface area contributed by atoms with E-state index in [-0.39, 0.29) is 18.1 Å². The molecule has 0 spiro atoms. The zero-order valence-corrected chi connectivity index (χ0v) is 23.0. The highest BCUT2D eigenvalue weighted by molar-refractivity contribution is 5.85. The Morgan fingerprint density at radius 3 is 2.22 bits per heavy atom. The number of carboxylic acid groups (broad SMARTS) is 1. The molecule has 0 radical (unpaired) electrons. The Labute approximate surface area is 215 Å². The van der Waals surface area contributed by atoms with E-state index in [1.807, 2.05) is 0 Å². The smallest absolute Gasteiger partial charge is 0.408 e. The average molecular weight is 512 g/mol. The molecule has 0 bridgehead atoms. The highest BCUT2D eigenvalue weighted by Crippen LogP contribution is 2.39. The highest BCUT2D eigenvalue weighted by Gasteiger charge is 2.48. The number of rotatable bonds is 14. The van der Waals surface area contributed by atoms with Crippen molar-refractivity contribution >= 4 is 12.1 Å². The predicted molar refractivity (Wildman–Crippen MR) is 137 cm³/mol. The van der Waals surface area contributed by atoms with Crippen molar-refractivity contribution in [3.63, 3.8) is 0 Å². The summed E-state index contributed by atoms with van der Waals surface area (Å²) in [7, 11) is 1.58. The van der Waals surface area contributed by atoms with Gasteiger partial charge >= 0.3 is 12.1 Å². The van der Waals surface area contributed by atoms with E-state index in [9.17, 15) is 24.9 Å². The van der Waals surface area contributed by atoms with Crippen LogP contribution in [0.1, 0.15) is 79.2 Å². The van der Waals surface area contributed by atoms with Crippen LogP contribution < -0.4 is 10.1 Å². The lowest BCUT2D eigenvalue weighted by molar-refractivity contribution is -0.146. The molecule has 1 amide bonds. The average Bonchev–Trinajstić information content (AvgIpc) is 2.75. The number of amides is 1. The number of aliphatic hydroxyl groups is 1. The number of phenols is 1. The quantitative estimate of drug-likeness (QED) is 0.264. The third kappa shape index (κ3) is 9.50. The number of aliphatic hydroxyl groups excluding tert-OH is 1. The molecule has 4 N–H and O–H groups in total. The second kappa shape index (κ2) is 13.7. The number of carbonyl (C=O) groups is 2.